The lowest BCUT2D eigenvalue weighted by Gasteiger charge is -2.31. The highest BCUT2D eigenvalue weighted by molar-refractivity contribution is 7.85. The number of aryl methyl sites for hydroxylation is 1. The number of hydrogen-bond acceptors (Lipinski definition) is 2. The van der Waals surface area contributed by atoms with Crippen LogP contribution in [-0.4, -0.2) is 40.8 Å². The van der Waals surface area contributed by atoms with E-state index in [1.54, 1.807) is 0 Å². The first-order valence-electron chi connectivity index (χ1n) is 10.1. The van der Waals surface area contributed by atoms with E-state index in [2.05, 4.69) is 39.9 Å². The topological polar surface area (TPSA) is 53.5 Å². The zero-order chi connectivity index (χ0) is 18.4. The molecule has 5 heteroatoms. The summed E-state index contributed by atoms with van der Waals surface area (Å²) in [5, 5.41) is 7.47. The Morgan fingerprint density at radius 3 is 2.88 bits per heavy atom. The lowest BCUT2D eigenvalue weighted by molar-refractivity contribution is 0.412. The SMILES string of the molecule is CCS(=O)C1CCCC(NC(=NC)NCC2CCCc3ccccc32)C1. The van der Waals surface area contributed by atoms with E-state index in [0.717, 1.165) is 43.9 Å². The summed E-state index contributed by atoms with van der Waals surface area (Å²) in [7, 11) is 1.16. The Balaban J connectivity index is 1.53. The molecule has 0 amide bonds. The van der Waals surface area contributed by atoms with Gasteiger partial charge in [-0.05, 0) is 49.7 Å². The van der Waals surface area contributed by atoms with E-state index < -0.39 is 10.8 Å². The summed E-state index contributed by atoms with van der Waals surface area (Å²) in [6.07, 6.45) is 8.10. The normalized spacial score (nSPS) is 27.5. The zero-order valence-corrected chi connectivity index (χ0v) is 17.0. The molecule has 1 aromatic rings. The van der Waals surface area contributed by atoms with Crippen molar-refractivity contribution < 1.29 is 4.21 Å². The average molecular weight is 376 g/mol. The van der Waals surface area contributed by atoms with Gasteiger partial charge in [0, 0.05) is 47.4 Å². The van der Waals surface area contributed by atoms with Gasteiger partial charge in [-0.2, -0.15) is 0 Å². The number of nitrogens with one attached hydrogen (secondary N) is 2. The summed E-state index contributed by atoms with van der Waals surface area (Å²) in [6, 6.07) is 9.23. The Hall–Kier alpha value is -1.36. The third kappa shape index (κ3) is 4.87. The van der Waals surface area contributed by atoms with Crippen LogP contribution >= 0.6 is 0 Å². The summed E-state index contributed by atoms with van der Waals surface area (Å²) < 4.78 is 12.2. The van der Waals surface area contributed by atoms with Crippen molar-refractivity contribution in [1.82, 2.24) is 10.6 Å². The Bertz CT molecular complexity index is 646. The Labute approximate surface area is 160 Å². The van der Waals surface area contributed by atoms with Gasteiger partial charge in [0.1, 0.15) is 0 Å². The number of benzene rings is 1. The van der Waals surface area contributed by atoms with Crippen LogP contribution in [0.15, 0.2) is 29.3 Å². The molecule has 3 rings (SSSR count). The van der Waals surface area contributed by atoms with Gasteiger partial charge in [-0.1, -0.05) is 37.6 Å². The van der Waals surface area contributed by atoms with Crippen LogP contribution in [-0.2, 0) is 17.2 Å². The number of aliphatic imine (C=N–C) groups is 1. The van der Waals surface area contributed by atoms with Crippen molar-refractivity contribution in [1.29, 1.82) is 0 Å². The molecule has 4 atom stereocenters. The van der Waals surface area contributed by atoms with Gasteiger partial charge >= 0.3 is 0 Å². The van der Waals surface area contributed by atoms with E-state index in [1.165, 1.54) is 30.4 Å². The molecule has 0 saturated heterocycles. The van der Waals surface area contributed by atoms with Gasteiger partial charge in [0.15, 0.2) is 5.96 Å². The third-order valence-corrected chi connectivity index (χ3v) is 7.60. The maximum absolute atomic E-state index is 12.2. The van der Waals surface area contributed by atoms with Gasteiger partial charge < -0.3 is 10.6 Å². The predicted molar refractivity (Wildman–Crippen MR) is 111 cm³/mol. The predicted octanol–water partition coefficient (Wildman–Crippen LogP) is 3.35. The number of rotatable bonds is 5. The fraction of sp³-hybridized carbons (Fsp3) is 0.667. The summed E-state index contributed by atoms with van der Waals surface area (Å²) in [6.45, 7) is 2.95. The molecular formula is C21H33N3OS. The van der Waals surface area contributed by atoms with Gasteiger partial charge in [0.2, 0.25) is 0 Å². The van der Waals surface area contributed by atoms with Crippen LogP contribution in [0, 0.1) is 0 Å². The Morgan fingerprint density at radius 1 is 1.23 bits per heavy atom. The summed E-state index contributed by atoms with van der Waals surface area (Å²) in [5.41, 5.74) is 3.00. The molecular weight excluding hydrogens is 342 g/mol. The first-order chi connectivity index (χ1) is 12.7. The molecule has 0 radical (unpaired) electrons. The number of guanidine groups is 1. The van der Waals surface area contributed by atoms with Gasteiger partial charge in [-0.3, -0.25) is 9.20 Å². The van der Waals surface area contributed by atoms with Crippen molar-refractivity contribution in [3.05, 3.63) is 35.4 Å². The summed E-state index contributed by atoms with van der Waals surface area (Å²) >= 11 is 0. The molecule has 144 valence electrons. The smallest absolute Gasteiger partial charge is 0.191 e. The van der Waals surface area contributed by atoms with E-state index in [-0.39, 0.29) is 0 Å². The highest BCUT2D eigenvalue weighted by Crippen LogP contribution is 2.30. The zero-order valence-electron chi connectivity index (χ0n) is 16.2. The number of nitrogens with zero attached hydrogens (tertiary/aromatic N) is 1. The second-order valence-corrected chi connectivity index (χ2v) is 9.55. The van der Waals surface area contributed by atoms with Crippen molar-refractivity contribution in [3.8, 4) is 0 Å². The standard InChI is InChI=1S/C21H33N3OS/c1-3-26(25)19-12-7-11-18(14-19)24-21(22-2)23-15-17-10-6-9-16-8-4-5-13-20(16)17/h4-5,8,13,17-19H,3,6-7,9-12,14-15H2,1-2H3,(H2,22,23,24). The Kier molecular flexibility index (Phi) is 7.12. The maximum Gasteiger partial charge on any atom is 0.191 e. The molecule has 2 N–H and O–H groups in total. The highest BCUT2D eigenvalue weighted by atomic mass is 32.2. The molecule has 26 heavy (non-hydrogen) atoms. The first-order valence-corrected chi connectivity index (χ1v) is 11.5. The lowest BCUT2D eigenvalue weighted by atomic mass is 9.83. The number of fused-ring (bicyclic) bond motifs is 1. The molecule has 2 aliphatic rings. The molecule has 2 aliphatic carbocycles. The van der Waals surface area contributed by atoms with Crippen LogP contribution in [0.4, 0.5) is 0 Å². The largest absolute Gasteiger partial charge is 0.356 e. The van der Waals surface area contributed by atoms with Crippen LogP contribution in [0.3, 0.4) is 0 Å². The average Bonchev–Trinajstić information content (AvgIpc) is 2.70. The molecule has 1 saturated carbocycles. The highest BCUT2D eigenvalue weighted by Gasteiger charge is 2.26. The molecule has 0 heterocycles. The summed E-state index contributed by atoms with van der Waals surface area (Å²) in [4.78, 5) is 4.43. The van der Waals surface area contributed by atoms with Crippen LogP contribution in [0.5, 0.6) is 0 Å². The Morgan fingerprint density at radius 2 is 2.08 bits per heavy atom. The van der Waals surface area contributed by atoms with Gasteiger partial charge in [-0.15, -0.1) is 0 Å². The van der Waals surface area contributed by atoms with Gasteiger partial charge in [-0.25, -0.2) is 0 Å². The molecule has 0 spiro atoms. The summed E-state index contributed by atoms with van der Waals surface area (Å²) in [5.74, 6) is 2.22. The first kappa shape index (κ1) is 19.4. The monoisotopic (exact) mass is 375 g/mol. The second-order valence-electron chi connectivity index (χ2n) is 7.54. The third-order valence-electron chi connectivity index (χ3n) is 5.86. The van der Waals surface area contributed by atoms with Crippen LogP contribution in [0.2, 0.25) is 0 Å². The van der Waals surface area contributed by atoms with Gasteiger partial charge in [0.05, 0.1) is 0 Å². The minimum absolute atomic E-state index is 0.342. The minimum Gasteiger partial charge on any atom is -0.356 e. The van der Waals surface area contributed by atoms with Crippen LogP contribution in [0.1, 0.15) is 62.5 Å². The van der Waals surface area contributed by atoms with Crippen molar-refractivity contribution in [2.75, 3.05) is 19.3 Å². The van der Waals surface area contributed by atoms with E-state index in [0.29, 0.717) is 17.2 Å². The van der Waals surface area contributed by atoms with Crippen LogP contribution in [0.25, 0.3) is 0 Å². The quantitative estimate of drug-likeness (QED) is 0.613. The van der Waals surface area contributed by atoms with E-state index in [9.17, 15) is 4.21 Å². The van der Waals surface area contributed by atoms with E-state index >= 15 is 0 Å². The number of hydrogen-bond donors (Lipinski definition) is 2. The van der Waals surface area contributed by atoms with E-state index in [4.69, 9.17) is 0 Å². The fourth-order valence-electron chi connectivity index (χ4n) is 4.42. The van der Waals surface area contributed by atoms with Crippen molar-refractivity contribution >= 4 is 16.8 Å². The molecule has 4 nitrogen and oxygen atoms in total. The maximum atomic E-state index is 12.2. The molecule has 4 unspecified atom stereocenters. The molecule has 0 aliphatic heterocycles. The van der Waals surface area contributed by atoms with E-state index in [1.807, 2.05) is 14.0 Å². The lowest BCUT2D eigenvalue weighted by Crippen LogP contribution is -2.47. The van der Waals surface area contributed by atoms with Crippen LogP contribution < -0.4 is 10.6 Å². The molecule has 0 bridgehead atoms. The minimum atomic E-state index is -0.684. The van der Waals surface area contributed by atoms with Crippen molar-refractivity contribution in [2.24, 2.45) is 4.99 Å². The van der Waals surface area contributed by atoms with Crippen molar-refractivity contribution in [3.63, 3.8) is 0 Å². The fourth-order valence-corrected chi connectivity index (χ4v) is 5.77. The molecule has 0 aromatic heterocycles. The molecule has 1 fully saturated rings. The second kappa shape index (κ2) is 9.54. The molecule has 1 aromatic carbocycles. The van der Waals surface area contributed by atoms with Crippen molar-refractivity contribution in [2.45, 2.75) is 69.1 Å². The van der Waals surface area contributed by atoms with Gasteiger partial charge in [0.25, 0.3) is 0 Å².